The zero-order chi connectivity index (χ0) is 15.8. The van der Waals surface area contributed by atoms with Gasteiger partial charge in [-0.3, -0.25) is 4.72 Å². The third-order valence-electron chi connectivity index (χ3n) is 3.35. The summed E-state index contributed by atoms with van der Waals surface area (Å²) >= 11 is 3.22. The summed E-state index contributed by atoms with van der Waals surface area (Å²) in [6.45, 7) is 5.31. The Balaban J connectivity index is 2.58. The topological polar surface area (TPSA) is 85.1 Å². The third-order valence-corrected chi connectivity index (χ3v) is 5.62. The molecule has 0 aliphatic heterocycles. The van der Waals surface area contributed by atoms with Crippen LogP contribution in [0.5, 0.6) is 0 Å². The normalized spacial score (nSPS) is 11.4. The van der Waals surface area contributed by atoms with Crippen LogP contribution < -0.4 is 10.5 Å². The number of sulfonamides is 1. The lowest BCUT2D eigenvalue weighted by Gasteiger charge is -2.16. The molecule has 7 heteroatoms. The van der Waals surface area contributed by atoms with Crippen LogP contribution in [0.2, 0.25) is 0 Å². The number of aryl methyl sites for hydroxylation is 1. The summed E-state index contributed by atoms with van der Waals surface area (Å²) in [5, 5.41) is 0. The van der Waals surface area contributed by atoms with E-state index in [-0.39, 0.29) is 4.90 Å². The van der Waals surface area contributed by atoms with Crippen molar-refractivity contribution in [3.05, 3.63) is 45.7 Å². The summed E-state index contributed by atoms with van der Waals surface area (Å²) in [5.74, 6) is 0. The SMILES string of the molecule is Cc1cc(N)c(C)c(S(=O)(=O)Nc2cccnc2Br)c1C. The second-order valence-corrected chi connectivity index (χ2v) is 7.18. The lowest BCUT2D eigenvalue weighted by molar-refractivity contribution is 0.600. The molecule has 1 aromatic heterocycles. The van der Waals surface area contributed by atoms with Gasteiger partial charge in [-0.05, 0) is 71.6 Å². The number of pyridine rings is 1. The average Bonchev–Trinajstić information content (AvgIpc) is 2.39. The number of nitrogens with two attached hydrogens (primary N) is 1. The fraction of sp³-hybridized carbons (Fsp3) is 0.214. The predicted molar refractivity (Wildman–Crippen MR) is 87.8 cm³/mol. The van der Waals surface area contributed by atoms with Crippen LogP contribution in [-0.2, 0) is 10.0 Å². The summed E-state index contributed by atoms with van der Waals surface area (Å²) in [6, 6.07) is 5.08. The molecular formula is C14H16BrN3O2S. The predicted octanol–water partition coefficient (Wildman–Crippen LogP) is 3.15. The number of nitrogens with zero attached hydrogens (tertiary/aromatic N) is 1. The first-order valence-electron chi connectivity index (χ1n) is 6.23. The molecule has 1 aromatic carbocycles. The number of hydrogen-bond donors (Lipinski definition) is 2. The van der Waals surface area contributed by atoms with Crippen molar-refractivity contribution < 1.29 is 8.42 Å². The molecule has 112 valence electrons. The van der Waals surface area contributed by atoms with Crippen molar-refractivity contribution in [2.75, 3.05) is 10.5 Å². The van der Waals surface area contributed by atoms with Gasteiger partial charge in [0, 0.05) is 11.9 Å². The molecule has 0 atom stereocenters. The van der Waals surface area contributed by atoms with Crippen LogP contribution in [0.3, 0.4) is 0 Å². The first-order chi connectivity index (χ1) is 9.74. The van der Waals surface area contributed by atoms with Crippen molar-refractivity contribution in [1.29, 1.82) is 0 Å². The van der Waals surface area contributed by atoms with Gasteiger partial charge in [-0.15, -0.1) is 0 Å². The molecule has 5 nitrogen and oxygen atoms in total. The Bertz CT molecular complexity index is 778. The minimum absolute atomic E-state index is 0.218. The van der Waals surface area contributed by atoms with E-state index in [1.54, 1.807) is 38.2 Å². The van der Waals surface area contributed by atoms with Gasteiger partial charge in [-0.1, -0.05) is 0 Å². The van der Waals surface area contributed by atoms with Gasteiger partial charge in [0.05, 0.1) is 10.6 Å². The van der Waals surface area contributed by atoms with Crippen LogP contribution >= 0.6 is 15.9 Å². The molecule has 21 heavy (non-hydrogen) atoms. The van der Waals surface area contributed by atoms with Gasteiger partial charge in [-0.25, -0.2) is 13.4 Å². The van der Waals surface area contributed by atoms with Crippen LogP contribution in [-0.4, -0.2) is 13.4 Å². The van der Waals surface area contributed by atoms with E-state index in [9.17, 15) is 8.42 Å². The maximum absolute atomic E-state index is 12.7. The lowest BCUT2D eigenvalue weighted by Crippen LogP contribution is -2.17. The molecule has 0 amide bonds. The van der Waals surface area contributed by atoms with E-state index in [1.807, 2.05) is 6.92 Å². The Morgan fingerprint density at radius 2 is 1.90 bits per heavy atom. The van der Waals surface area contributed by atoms with Gasteiger partial charge in [0.1, 0.15) is 4.60 Å². The maximum atomic E-state index is 12.7. The second kappa shape index (κ2) is 5.65. The Labute approximate surface area is 132 Å². The number of anilines is 2. The van der Waals surface area contributed by atoms with Crippen molar-refractivity contribution in [3.63, 3.8) is 0 Å². The van der Waals surface area contributed by atoms with Gasteiger partial charge >= 0.3 is 0 Å². The summed E-state index contributed by atoms with van der Waals surface area (Å²) in [6.07, 6.45) is 1.57. The molecule has 0 saturated heterocycles. The van der Waals surface area contributed by atoms with Gasteiger partial charge in [0.2, 0.25) is 0 Å². The molecular weight excluding hydrogens is 354 g/mol. The number of aromatic nitrogens is 1. The number of rotatable bonds is 3. The molecule has 2 aromatic rings. The fourth-order valence-corrected chi connectivity index (χ4v) is 4.22. The monoisotopic (exact) mass is 369 g/mol. The summed E-state index contributed by atoms with van der Waals surface area (Å²) in [7, 11) is -3.74. The van der Waals surface area contributed by atoms with Gasteiger partial charge in [0.25, 0.3) is 10.0 Å². The summed E-state index contributed by atoms with van der Waals surface area (Å²) in [4.78, 5) is 4.22. The highest BCUT2D eigenvalue weighted by Gasteiger charge is 2.23. The lowest BCUT2D eigenvalue weighted by atomic mass is 10.1. The number of nitrogens with one attached hydrogen (secondary N) is 1. The van der Waals surface area contributed by atoms with Crippen molar-refractivity contribution in [3.8, 4) is 0 Å². The van der Waals surface area contributed by atoms with E-state index in [0.717, 1.165) is 5.56 Å². The standard InChI is InChI=1S/C14H16BrN3O2S/c1-8-7-11(16)10(3)13(9(8)2)21(19,20)18-12-5-4-6-17-14(12)15/h4-7,18H,16H2,1-3H3. The van der Waals surface area contributed by atoms with Crippen LogP contribution in [0.4, 0.5) is 11.4 Å². The number of halogens is 1. The molecule has 0 aliphatic carbocycles. The summed E-state index contributed by atoms with van der Waals surface area (Å²) < 4.78 is 28.4. The second-order valence-electron chi connectivity index (χ2n) is 4.81. The van der Waals surface area contributed by atoms with Crippen molar-refractivity contribution in [2.45, 2.75) is 25.7 Å². The summed E-state index contributed by atoms with van der Waals surface area (Å²) in [5.41, 5.74) is 8.82. The molecule has 3 N–H and O–H groups in total. The van der Waals surface area contributed by atoms with Crippen molar-refractivity contribution in [1.82, 2.24) is 4.98 Å². The zero-order valence-electron chi connectivity index (χ0n) is 11.9. The molecule has 0 saturated carbocycles. The molecule has 0 fully saturated rings. The Kier molecular flexibility index (Phi) is 4.25. The number of hydrogen-bond acceptors (Lipinski definition) is 4. The highest BCUT2D eigenvalue weighted by Crippen LogP contribution is 2.30. The largest absolute Gasteiger partial charge is 0.398 e. The fourth-order valence-electron chi connectivity index (χ4n) is 2.10. The van der Waals surface area contributed by atoms with Crippen LogP contribution in [0.15, 0.2) is 33.9 Å². The maximum Gasteiger partial charge on any atom is 0.262 e. The van der Waals surface area contributed by atoms with Gasteiger partial charge in [-0.2, -0.15) is 0 Å². The first-order valence-corrected chi connectivity index (χ1v) is 8.51. The van der Waals surface area contributed by atoms with Crippen molar-refractivity contribution >= 4 is 37.3 Å². The molecule has 0 unspecified atom stereocenters. The average molecular weight is 370 g/mol. The minimum Gasteiger partial charge on any atom is -0.398 e. The highest BCUT2D eigenvalue weighted by molar-refractivity contribution is 9.10. The van der Waals surface area contributed by atoms with E-state index >= 15 is 0 Å². The molecule has 0 radical (unpaired) electrons. The molecule has 0 bridgehead atoms. The molecule has 1 heterocycles. The highest BCUT2D eigenvalue weighted by atomic mass is 79.9. The van der Waals surface area contributed by atoms with E-state index in [2.05, 4.69) is 25.6 Å². The molecule has 2 rings (SSSR count). The van der Waals surface area contributed by atoms with Crippen LogP contribution in [0, 0.1) is 20.8 Å². The van der Waals surface area contributed by atoms with Gasteiger partial charge in [0.15, 0.2) is 0 Å². The smallest absolute Gasteiger partial charge is 0.262 e. The van der Waals surface area contributed by atoms with E-state index in [0.29, 0.717) is 27.1 Å². The Hall–Kier alpha value is -1.60. The van der Waals surface area contributed by atoms with E-state index < -0.39 is 10.0 Å². The van der Waals surface area contributed by atoms with E-state index in [4.69, 9.17) is 5.73 Å². The Morgan fingerprint density at radius 1 is 1.24 bits per heavy atom. The minimum atomic E-state index is -3.74. The Morgan fingerprint density at radius 3 is 2.52 bits per heavy atom. The van der Waals surface area contributed by atoms with Crippen LogP contribution in [0.1, 0.15) is 16.7 Å². The number of nitrogen functional groups attached to an aromatic ring is 1. The first kappa shape index (κ1) is 15.8. The van der Waals surface area contributed by atoms with Crippen LogP contribution in [0.25, 0.3) is 0 Å². The quantitative estimate of drug-likeness (QED) is 0.642. The molecule has 0 aliphatic rings. The van der Waals surface area contributed by atoms with Crippen molar-refractivity contribution in [2.24, 2.45) is 0 Å². The number of benzene rings is 1. The third kappa shape index (κ3) is 3.03. The van der Waals surface area contributed by atoms with Gasteiger partial charge < -0.3 is 5.73 Å². The van der Waals surface area contributed by atoms with E-state index in [1.165, 1.54) is 0 Å². The zero-order valence-corrected chi connectivity index (χ0v) is 14.3. The molecule has 0 spiro atoms.